The molecule has 0 aliphatic carbocycles. The van der Waals surface area contributed by atoms with Crippen LogP contribution in [0.3, 0.4) is 0 Å². The Bertz CT molecular complexity index is 509. The molecule has 0 amide bonds. The van der Waals surface area contributed by atoms with Crippen LogP contribution in [0.5, 0.6) is 0 Å². The van der Waals surface area contributed by atoms with Crippen LogP contribution in [0.25, 0.3) is 0 Å². The zero-order valence-corrected chi connectivity index (χ0v) is 12.9. The molecule has 1 heterocycles. The normalized spacial score (nSPS) is 24.1. The number of likely N-dealkylation sites (N-methyl/N-ethyl adjacent to an activating group) is 1. The fourth-order valence-corrected chi connectivity index (χ4v) is 3.00. The van der Waals surface area contributed by atoms with Crippen LogP contribution in [0, 0.1) is 5.92 Å². The molecule has 0 radical (unpaired) electrons. The lowest BCUT2D eigenvalue weighted by atomic mass is 9.99. The predicted molar refractivity (Wildman–Crippen MR) is 78.4 cm³/mol. The molecule has 0 spiro atoms. The lowest BCUT2D eigenvalue weighted by molar-refractivity contribution is -0.143. The highest BCUT2D eigenvalue weighted by Gasteiger charge is 2.38. The summed E-state index contributed by atoms with van der Waals surface area (Å²) >= 11 is 12.3. The van der Waals surface area contributed by atoms with Gasteiger partial charge < -0.3 is 9.84 Å². The number of ether oxygens (including phenoxy) is 1. The first-order valence-corrected chi connectivity index (χ1v) is 7.15. The van der Waals surface area contributed by atoms with Gasteiger partial charge in [-0.05, 0) is 25.6 Å². The Labute approximate surface area is 128 Å². The highest BCUT2D eigenvalue weighted by Crippen LogP contribution is 2.34. The van der Waals surface area contributed by atoms with Crippen molar-refractivity contribution in [3.63, 3.8) is 0 Å². The fourth-order valence-electron chi connectivity index (χ4n) is 2.53. The maximum Gasteiger partial charge on any atom is 0.310 e. The van der Waals surface area contributed by atoms with Crippen molar-refractivity contribution >= 4 is 29.2 Å². The zero-order valence-electron chi connectivity index (χ0n) is 11.3. The minimum atomic E-state index is -0.830. The predicted octanol–water partition coefficient (Wildman–Crippen LogP) is 3.09. The monoisotopic (exact) mass is 317 g/mol. The Morgan fingerprint density at radius 2 is 2.15 bits per heavy atom. The van der Waals surface area contributed by atoms with Crippen LogP contribution in [-0.4, -0.2) is 42.3 Å². The van der Waals surface area contributed by atoms with Crippen molar-refractivity contribution in [3.05, 3.63) is 33.8 Å². The molecule has 1 saturated heterocycles. The van der Waals surface area contributed by atoms with E-state index in [0.717, 1.165) is 5.56 Å². The second-order valence-electron chi connectivity index (χ2n) is 5.03. The number of hydrogen-bond donors (Lipinski definition) is 1. The Morgan fingerprint density at radius 3 is 2.80 bits per heavy atom. The van der Waals surface area contributed by atoms with E-state index >= 15 is 0 Å². The average molecular weight is 318 g/mol. The van der Waals surface area contributed by atoms with Crippen molar-refractivity contribution in [2.45, 2.75) is 19.0 Å². The molecule has 20 heavy (non-hydrogen) atoms. The van der Waals surface area contributed by atoms with Crippen molar-refractivity contribution in [2.75, 3.05) is 20.3 Å². The first-order valence-electron chi connectivity index (χ1n) is 6.40. The SMILES string of the molecule is CC(c1cccc(Cl)c1Cl)N(C)C1COCC1C(=O)O. The van der Waals surface area contributed by atoms with Crippen molar-refractivity contribution in [3.8, 4) is 0 Å². The van der Waals surface area contributed by atoms with E-state index in [1.807, 2.05) is 31.0 Å². The summed E-state index contributed by atoms with van der Waals surface area (Å²) in [5, 5.41) is 10.2. The molecule has 1 aromatic rings. The van der Waals surface area contributed by atoms with Crippen LogP contribution in [0.2, 0.25) is 10.0 Å². The lowest BCUT2D eigenvalue weighted by Gasteiger charge is -2.32. The molecule has 1 aliphatic heterocycles. The molecular weight excluding hydrogens is 301 g/mol. The van der Waals surface area contributed by atoms with Gasteiger partial charge in [0.15, 0.2) is 0 Å². The Kier molecular flexibility index (Phi) is 4.91. The van der Waals surface area contributed by atoms with Crippen molar-refractivity contribution in [2.24, 2.45) is 5.92 Å². The molecule has 6 heteroatoms. The van der Waals surface area contributed by atoms with Crippen LogP contribution in [0.1, 0.15) is 18.5 Å². The van der Waals surface area contributed by atoms with Crippen molar-refractivity contribution in [1.29, 1.82) is 0 Å². The van der Waals surface area contributed by atoms with Crippen LogP contribution >= 0.6 is 23.2 Å². The van der Waals surface area contributed by atoms with Crippen LogP contribution < -0.4 is 0 Å². The van der Waals surface area contributed by atoms with Gasteiger partial charge in [-0.15, -0.1) is 0 Å². The summed E-state index contributed by atoms with van der Waals surface area (Å²) in [6, 6.07) is 5.26. The summed E-state index contributed by atoms with van der Waals surface area (Å²) < 4.78 is 5.31. The molecule has 1 fully saturated rings. The van der Waals surface area contributed by atoms with Crippen LogP contribution in [-0.2, 0) is 9.53 Å². The largest absolute Gasteiger partial charge is 0.481 e. The second-order valence-corrected chi connectivity index (χ2v) is 5.82. The molecular formula is C14H17Cl2NO3. The summed E-state index contributed by atoms with van der Waals surface area (Å²) in [6.45, 7) is 2.64. The van der Waals surface area contributed by atoms with Gasteiger partial charge in [0.2, 0.25) is 0 Å². The van der Waals surface area contributed by atoms with E-state index < -0.39 is 11.9 Å². The first kappa shape index (κ1) is 15.6. The summed E-state index contributed by atoms with van der Waals surface area (Å²) in [5.41, 5.74) is 0.887. The Balaban J connectivity index is 2.22. The summed E-state index contributed by atoms with van der Waals surface area (Å²) in [5.74, 6) is -1.34. The Hall–Kier alpha value is -0.810. The smallest absolute Gasteiger partial charge is 0.310 e. The maximum absolute atomic E-state index is 11.2. The number of aliphatic carboxylic acids is 1. The highest BCUT2D eigenvalue weighted by atomic mass is 35.5. The standard InChI is InChI=1S/C14H17Cl2NO3/c1-8(9-4-3-5-11(15)13(9)16)17(2)12-7-20-6-10(12)14(18)19/h3-5,8,10,12H,6-7H2,1-2H3,(H,18,19). The molecule has 3 atom stereocenters. The molecule has 1 aliphatic rings. The van der Waals surface area contributed by atoms with Gasteiger partial charge in [-0.3, -0.25) is 9.69 Å². The zero-order chi connectivity index (χ0) is 14.9. The van der Waals surface area contributed by atoms with Gasteiger partial charge in [-0.2, -0.15) is 0 Å². The summed E-state index contributed by atoms with van der Waals surface area (Å²) in [4.78, 5) is 13.2. The third kappa shape index (κ3) is 2.93. The molecule has 2 rings (SSSR count). The Morgan fingerprint density at radius 1 is 1.45 bits per heavy atom. The fraction of sp³-hybridized carbons (Fsp3) is 0.500. The molecule has 0 aromatic heterocycles. The van der Waals surface area contributed by atoms with E-state index in [4.69, 9.17) is 27.9 Å². The molecule has 0 bridgehead atoms. The second kappa shape index (κ2) is 6.31. The number of rotatable bonds is 4. The number of carboxylic acid groups (broad SMARTS) is 1. The average Bonchev–Trinajstić information content (AvgIpc) is 2.89. The third-order valence-corrected chi connectivity index (χ3v) is 4.77. The van der Waals surface area contributed by atoms with Gasteiger partial charge in [-0.1, -0.05) is 35.3 Å². The molecule has 0 saturated carbocycles. The summed E-state index contributed by atoms with van der Waals surface area (Å²) in [7, 11) is 1.89. The third-order valence-electron chi connectivity index (χ3n) is 3.93. The molecule has 3 unspecified atom stereocenters. The molecule has 110 valence electrons. The number of hydrogen-bond acceptors (Lipinski definition) is 3. The quantitative estimate of drug-likeness (QED) is 0.927. The van der Waals surface area contributed by atoms with E-state index in [1.54, 1.807) is 6.07 Å². The van der Waals surface area contributed by atoms with E-state index in [0.29, 0.717) is 16.7 Å². The van der Waals surface area contributed by atoms with E-state index in [9.17, 15) is 9.90 Å². The van der Waals surface area contributed by atoms with Gasteiger partial charge in [0, 0.05) is 12.1 Å². The van der Waals surface area contributed by atoms with Gasteiger partial charge in [0.1, 0.15) is 0 Å². The lowest BCUT2D eigenvalue weighted by Crippen LogP contribution is -2.42. The van der Waals surface area contributed by atoms with Crippen molar-refractivity contribution in [1.82, 2.24) is 4.90 Å². The first-order chi connectivity index (χ1) is 9.43. The van der Waals surface area contributed by atoms with E-state index in [1.165, 1.54) is 0 Å². The minimum absolute atomic E-state index is 0.0465. The number of carbonyl (C=O) groups is 1. The van der Waals surface area contributed by atoms with Gasteiger partial charge in [0.25, 0.3) is 0 Å². The molecule has 1 aromatic carbocycles. The number of benzene rings is 1. The van der Waals surface area contributed by atoms with Gasteiger partial charge in [-0.25, -0.2) is 0 Å². The topological polar surface area (TPSA) is 49.8 Å². The summed E-state index contributed by atoms with van der Waals surface area (Å²) in [6.07, 6.45) is 0. The van der Waals surface area contributed by atoms with Gasteiger partial charge in [0.05, 0.1) is 29.2 Å². The highest BCUT2D eigenvalue weighted by molar-refractivity contribution is 6.42. The van der Waals surface area contributed by atoms with Crippen molar-refractivity contribution < 1.29 is 14.6 Å². The minimum Gasteiger partial charge on any atom is -0.481 e. The van der Waals surface area contributed by atoms with Gasteiger partial charge >= 0.3 is 5.97 Å². The van der Waals surface area contributed by atoms with E-state index in [2.05, 4.69) is 0 Å². The molecule has 1 N–H and O–H groups in total. The maximum atomic E-state index is 11.2. The number of halogens is 2. The number of carboxylic acids is 1. The molecule has 4 nitrogen and oxygen atoms in total. The van der Waals surface area contributed by atoms with E-state index in [-0.39, 0.29) is 18.7 Å². The number of nitrogens with zero attached hydrogens (tertiary/aromatic N) is 1. The van der Waals surface area contributed by atoms with Crippen LogP contribution in [0.4, 0.5) is 0 Å². The van der Waals surface area contributed by atoms with Crippen LogP contribution in [0.15, 0.2) is 18.2 Å².